The molecule has 69 valence electrons. The van der Waals surface area contributed by atoms with Gasteiger partial charge in [-0.15, -0.1) is 0 Å². The van der Waals surface area contributed by atoms with Gasteiger partial charge in [0.15, 0.2) is 0 Å². The van der Waals surface area contributed by atoms with Gasteiger partial charge in [-0.3, -0.25) is 4.79 Å². The van der Waals surface area contributed by atoms with Crippen molar-refractivity contribution in [1.29, 1.82) is 0 Å². The standard InChI is InChI=1S/C9H16NO2/c1-8(12)10-5-2-9(3-6-10)4-7-11/h9,11H,1-7H2. The molecule has 0 spiro atoms. The van der Waals surface area contributed by atoms with Gasteiger partial charge in [0.1, 0.15) is 0 Å². The number of hydrogen-bond acceptors (Lipinski definition) is 2. The van der Waals surface area contributed by atoms with Crippen LogP contribution in [0.1, 0.15) is 19.3 Å². The average molecular weight is 170 g/mol. The van der Waals surface area contributed by atoms with Crippen LogP contribution in [0.2, 0.25) is 0 Å². The minimum Gasteiger partial charge on any atom is -0.396 e. The van der Waals surface area contributed by atoms with Gasteiger partial charge < -0.3 is 10.0 Å². The Bertz CT molecular complexity index is 151. The van der Waals surface area contributed by atoms with Crippen LogP contribution in [0.5, 0.6) is 0 Å². The molecule has 0 aliphatic carbocycles. The minimum atomic E-state index is -0.0718. The van der Waals surface area contributed by atoms with Gasteiger partial charge in [0.25, 0.3) is 0 Å². The molecule has 0 aromatic carbocycles. The second-order valence-corrected chi connectivity index (χ2v) is 3.34. The van der Waals surface area contributed by atoms with Crippen molar-refractivity contribution in [2.24, 2.45) is 5.92 Å². The number of likely N-dealkylation sites (tertiary alicyclic amines) is 1. The summed E-state index contributed by atoms with van der Waals surface area (Å²) >= 11 is 0. The fourth-order valence-electron chi connectivity index (χ4n) is 1.65. The topological polar surface area (TPSA) is 40.5 Å². The zero-order chi connectivity index (χ0) is 8.97. The van der Waals surface area contributed by atoms with E-state index in [9.17, 15) is 4.79 Å². The molecule has 0 unspecified atom stereocenters. The summed E-state index contributed by atoms with van der Waals surface area (Å²) in [5.41, 5.74) is 0. The fourth-order valence-corrected chi connectivity index (χ4v) is 1.65. The van der Waals surface area contributed by atoms with Crippen molar-refractivity contribution in [1.82, 2.24) is 4.90 Å². The van der Waals surface area contributed by atoms with E-state index in [1.165, 1.54) is 0 Å². The molecule has 1 radical (unpaired) electrons. The van der Waals surface area contributed by atoms with Gasteiger partial charge in [-0.25, -0.2) is 0 Å². The molecular weight excluding hydrogens is 154 g/mol. The first kappa shape index (κ1) is 9.52. The Morgan fingerprint density at radius 3 is 2.50 bits per heavy atom. The molecule has 1 aliphatic heterocycles. The molecule has 1 rings (SSSR count). The maximum absolute atomic E-state index is 10.8. The van der Waals surface area contributed by atoms with Crippen LogP contribution in [0.25, 0.3) is 0 Å². The summed E-state index contributed by atoms with van der Waals surface area (Å²) in [6.07, 6.45) is 2.91. The van der Waals surface area contributed by atoms with Crippen LogP contribution in [-0.4, -0.2) is 35.6 Å². The first-order valence-electron chi connectivity index (χ1n) is 4.45. The third-order valence-corrected chi connectivity index (χ3v) is 2.50. The Kier molecular flexibility index (Phi) is 3.53. The van der Waals surface area contributed by atoms with Crippen LogP contribution < -0.4 is 0 Å². The lowest BCUT2D eigenvalue weighted by molar-refractivity contribution is -0.127. The summed E-state index contributed by atoms with van der Waals surface area (Å²) in [6, 6.07) is 0. The van der Waals surface area contributed by atoms with E-state index in [0.29, 0.717) is 5.92 Å². The number of hydrogen-bond donors (Lipinski definition) is 1. The van der Waals surface area contributed by atoms with Crippen molar-refractivity contribution in [3.63, 3.8) is 0 Å². The summed E-state index contributed by atoms with van der Waals surface area (Å²) in [5.74, 6) is 0.531. The third kappa shape index (κ3) is 2.48. The number of nitrogens with zero attached hydrogens (tertiary/aromatic N) is 1. The largest absolute Gasteiger partial charge is 0.396 e. The Morgan fingerprint density at radius 1 is 1.50 bits per heavy atom. The van der Waals surface area contributed by atoms with Crippen LogP contribution in [0.3, 0.4) is 0 Å². The Balaban J connectivity index is 2.25. The molecular formula is C9H16NO2. The summed E-state index contributed by atoms with van der Waals surface area (Å²) in [6.45, 7) is 5.26. The molecule has 0 bridgehead atoms. The molecule has 12 heavy (non-hydrogen) atoms. The number of aliphatic hydroxyl groups excluding tert-OH is 1. The van der Waals surface area contributed by atoms with Crippen molar-refractivity contribution in [3.05, 3.63) is 6.92 Å². The van der Waals surface area contributed by atoms with E-state index in [1.54, 1.807) is 4.90 Å². The second kappa shape index (κ2) is 4.45. The summed E-state index contributed by atoms with van der Waals surface area (Å²) in [5, 5.41) is 8.70. The highest BCUT2D eigenvalue weighted by atomic mass is 16.3. The number of amides is 1. The Morgan fingerprint density at radius 2 is 2.08 bits per heavy atom. The lowest BCUT2D eigenvalue weighted by Crippen LogP contribution is -2.37. The van der Waals surface area contributed by atoms with Gasteiger partial charge in [0.2, 0.25) is 5.91 Å². The van der Waals surface area contributed by atoms with Crippen molar-refractivity contribution in [2.75, 3.05) is 19.7 Å². The van der Waals surface area contributed by atoms with E-state index < -0.39 is 0 Å². The van der Waals surface area contributed by atoms with Gasteiger partial charge >= 0.3 is 0 Å². The lowest BCUT2D eigenvalue weighted by Gasteiger charge is -2.30. The second-order valence-electron chi connectivity index (χ2n) is 3.34. The highest BCUT2D eigenvalue weighted by Crippen LogP contribution is 2.19. The number of rotatable bonds is 2. The number of carbonyl (C=O) groups is 1. The zero-order valence-electron chi connectivity index (χ0n) is 7.33. The van der Waals surface area contributed by atoms with Gasteiger partial charge in [-0.05, 0) is 25.2 Å². The van der Waals surface area contributed by atoms with Gasteiger partial charge in [-0.2, -0.15) is 0 Å². The number of aliphatic hydroxyl groups is 1. The van der Waals surface area contributed by atoms with Crippen LogP contribution in [-0.2, 0) is 4.79 Å². The average Bonchev–Trinajstić information content (AvgIpc) is 2.06. The smallest absolute Gasteiger partial charge is 0.223 e. The molecule has 0 atom stereocenters. The van der Waals surface area contributed by atoms with Gasteiger partial charge in [0.05, 0.1) is 0 Å². The predicted octanol–water partition coefficient (Wildman–Crippen LogP) is 0.441. The van der Waals surface area contributed by atoms with E-state index >= 15 is 0 Å². The highest BCUT2D eigenvalue weighted by molar-refractivity contribution is 5.80. The van der Waals surface area contributed by atoms with Crippen LogP contribution in [0.15, 0.2) is 0 Å². The molecule has 1 aliphatic rings. The minimum absolute atomic E-state index is 0.0718. The van der Waals surface area contributed by atoms with E-state index in [1.807, 2.05) is 0 Å². The molecule has 1 heterocycles. The maximum atomic E-state index is 10.8. The fraction of sp³-hybridized carbons (Fsp3) is 0.778. The summed E-state index contributed by atoms with van der Waals surface area (Å²) in [7, 11) is 0. The summed E-state index contributed by atoms with van der Waals surface area (Å²) < 4.78 is 0. The van der Waals surface area contributed by atoms with E-state index in [2.05, 4.69) is 6.92 Å². The molecule has 1 amide bonds. The van der Waals surface area contributed by atoms with Crippen LogP contribution in [0.4, 0.5) is 0 Å². The van der Waals surface area contributed by atoms with E-state index in [0.717, 1.165) is 32.4 Å². The van der Waals surface area contributed by atoms with Gasteiger partial charge in [-0.1, -0.05) is 0 Å². The molecule has 1 fully saturated rings. The zero-order valence-corrected chi connectivity index (χ0v) is 7.33. The third-order valence-electron chi connectivity index (χ3n) is 2.50. The normalized spacial score (nSPS) is 19.7. The predicted molar refractivity (Wildman–Crippen MR) is 46.4 cm³/mol. The van der Waals surface area contributed by atoms with Crippen molar-refractivity contribution in [2.45, 2.75) is 19.3 Å². The number of carbonyl (C=O) groups excluding carboxylic acids is 1. The van der Waals surface area contributed by atoms with Gasteiger partial charge in [0, 0.05) is 26.6 Å². The first-order valence-corrected chi connectivity index (χ1v) is 4.45. The summed E-state index contributed by atoms with van der Waals surface area (Å²) in [4.78, 5) is 12.6. The van der Waals surface area contributed by atoms with Crippen molar-refractivity contribution >= 4 is 5.91 Å². The maximum Gasteiger partial charge on any atom is 0.223 e. The van der Waals surface area contributed by atoms with Crippen LogP contribution >= 0.6 is 0 Å². The molecule has 3 heteroatoms. The van der Waals surface area contributed by atoms with E-state index in [4.69, 9.17) is 5.11 Å². The molecule has 1 N–H and O–H groups in total. The monoisotopic (exact) mass is 170 g/mol. The first-order chi connectivity index (χ1) is 5.74. The SMILES string of the molecule is [CH2]C(=O)N1CCC(CCO)CC1. The van der Waals surface area contributed by atoms with E-state index in [-0.39, 0.29) is 12.5 Å². The lowest BCUT2D eigenvalue weighted by atomic mass is 9.94. The molecule has 0 aromatic heterocycles. The molecule has 0 aromatic rings. The highest BCUT2D eigenvalue weighted by Gasteiger charge is 2.19. The Hall–Kier alpha value is -0.570. The molecule has 0 saturated carbocycles. The van der Waals surface area contributed by atoms with Crippen molar-refractivity contribution in [3.8, 4) is 0 Å². The molecule has 1 saturated heterocycles. The van der Waals surface area contributed by atoms with Crippen LogP contribution in [0, 0.1) is 12.8 Å². The Labute approximate surface area is 73.4 Å². The van der Waals surface area contributed by atoms with Crippen molar-refractivity contribution < 1.29 is 9.90 Å². The number of piperidine rings is 1. The molecule has 3 nitrogen and oxygen atoms in total. The quantitative estimate of drug-likeness (QED) is 0.653.